The first kappa shape index (κ1) is 13.6. The number of hydrogen-bond acceptors (Lipinski definition) is 4. The summed E-state index contributed by atoms with van der Waals surface area (Å²) in [7, 11) is 0. The van der Waals surface area contributed by atoms with Crippen molar-refractivity contribution in [1.29, 1.82) is 0 Å². The standard InChI is InChI=1S/C17H17NO3/c1-2-3-4-8-14-13(11-20-18-14)17(19)16-10-12-7-5-6-9-15(12)21-16/h5-7,9-11H,2-4,8H2,1H3. The zero-order chi connectivity index (χ0) is 14.7. The third kappa shape index (κ3) is 2.75. The van der Waals surface area contributed by atoms with Crippen LogP contribution in [0.15, 0.2) is 45.5 Å². The number of aryl methyl sites for hydroxylation is 1. The lowest BCUT2D eigenvalue weighted by atomic mass is 10.1. The molecule has 0 saturated heterocycles. The maximum absolute atomic E-state index is 12.5. The van der Waals surface area contributed by atoms with Crippen molar-refractivity contribution in [3.63, 3.8) is 0 Å². The van der Waals surface area contributed by atoms with Crippen LogP contribution in [0.2, 0.25) is 0 Å². The monoisotopic (exact) mass is 283 g/mol. The molecule has 2 heterocycles. The molecule has 3 rings (SSSR count). The fourth-order valence-electron chi connectivity index (χ4n) is 2.39. The van der Waals surface area contributed by atoms with Gasteiger partial charge < -0.3 is 8.94 Å². The number of ketones is 1. The first-order chi connectivity index (χ1) is 10.3. The summed E-state index contributed by atoms with van der Waals surface area (Å²) in [6, 6.07) is 9.34. The Kier molecular flexibility index (Phi) is 3.86. The molecule has 2 aromatic heterocycles. The first-order valence-corrected chi connectivity index (χ1v) is 7.26. The van der Waals surface area contributed by atoms with Crippen molar-refractivity contribution < 1.29 is 13.7 Å². The summed E-state index contributed by atoms with van der Waals surface area (Å²) >= 11 is 0. The van der Waals surface area contributed by atoms with E-state index in [2.05, 4.69) is 12.1 Å². The molecule has 4 heteroatoms. The molecule has 1 aromatic carbocycles. The van der Waals surface area contributed by atoms with Crippen LogP contribution >= 0.6 is 0 Å². The zero-order valence-electron chi connectivity index (χ0n) is 12.0. The average Bonchev–Trinajstić information content (AvgIpc) is 3.13. The number of para-hydroxylation sites is 1. The van der Waals surface area contributed by atoms with E-state index in [9.17, 15) is 4.79 Å². The van der Waals surface area contributed by atoms with Crippen LogP contribution in [0.3, 0.4) is 0 Å². The van der Waals surface area contributed by atoms with Crippen LogP contribution in [-0.2, 0) is 6.42 Å². The van der Waals surface area contributed by atoms with Crippen molar-refractivity contribution in [2.45, 2.75) is 32.6 Å². The highest BCUT2D eigenvalue weighted by molar-refractivity contribution is 6.09. The van der Waals surface area contributed by atoms with E-state index in [0.717, 1.165) is 31.1 Å². The van der Waals surface area contributed by atoms with E-state index in [4.69, 9.17) is 8.94 Å². The number of hydrogen-bond donors (Lipinski definition) is 0. The molecular weight excluding hydrogens is 266 g/mol. The molecule has 3 aromatic rings. The molecule has 0 saturated carbocycles. The Labute approximate surface area is 122 Å². The van der Waals surface area contributed by atoms with Gasteiger partial charge in [0.1, 0.15) is 11.8 Å². The van der Waals surface area contributed by atoms with E-state index in [-0.39, 0.29) is 5.78 Å². The van der Waals surface area contributed by atoms with E-state index in [0.29, 0.717) is 22.6 Å². The van der Waals surface area contributed by atoms with Gasteiger partial charge in [-0.15, -0.1) is 0 Å². The number of aromatic nitrogens is 1. The van der Waals surface area contributed by atoms with Gasteiger partial charge in [0.05, 0.1) is 11.3 Å². The van der Waals surface area contributed by atoms with E-state index in [1.165, 1.54) is 6.26 Å². The number of fused-ring (bicyclic) bond motifs is 1. The Hall–Kier alpha value is -2.36. The van der Waals surface area contributed by atoms with Crippen molar-refractivity contribution in [2.75, 3.05) is 0 Å². The molecule has 21 heavy (non-hydrogen) atoms. The fraction of sp³-hybridized carbons (Fsp3) is 0.294. The minimum Gasteiger partial charge on any atom is -0.453 e. The van der Waals surface area contributed by atoms with Crippen LogP contribution in [0, 0.1) is 0 Å². The van der Waals surface area contributed by atoms with Gasteiger partial charge in [0, 0.05) is 5.39 Å². The number of rotatable bonds is 6. The SMILES string of the molecule is CCCCCc1nocc1C(=O)c1cc2ccccc2o1. The first-order valence-electron chi connectivity index (χ1n) is 7.26. The molecule has 0 radical (unpaired) electrons. The fourth-order valence-corrected chi connectivity index (χ4v) is 2.39. The highest BCUT2D eigenvalue weighted by Gasteiger charge is 2.20. The van der Waals surface area contributed by atoms with Crippen LogP contribution in [0.5, 0.6) is 0 Å². The molecule has 0 aliphatic carbocycles. The number of furan rings is 1. The summed E-state index contributed by atoms with van der Waals surface area (Å²) in [5.74, 6) is 0.162. The minimum atomic E-state index is -0.168. The van der Waals surface area contributed by atoms with Crippen LogP contribution in [0.4, 0.5) is 0 Å². The van der Waals surface area contributed by atoms with Gasteiger partial charge in [-0.05, 0) is 25.0 Å². The molecule has 4 nitrogen and oxygen atoms in total. The number of carbonyl (C=O) groups excluding carboxylic acids is 1. The summed E-state index contributed by atoms with van der Waals surface area (Å²) in [5, 5.41) is 4.87. The van der Waals surface area contributed by atoms with Gasteiger partial charge in [0.2, 0.25) is 5.78 Å². The summed E-state index contributed by atoms with van der Waals surface area (Å²) in [6.45, 7) is 2.14. The van der Waals surface area contributed by atoms with E-state index in [1.807, 2.05) is 24.3 Å². The molecule has 0 N–H and O–H groups in total. The number of benzene rings is 1. The highest BCUT2D eigenvalue weighted by atomic mass is 16.5. The number of carbonyl (C=O) groups is 1. The lowest BCUT2D eigenvalue weighted by Gasteiger charge is -1.98. The van der Waals surface area contributed by atoms with E-state index >= 15 is 0 Å². The molecule has 0 atom stereocenters. The van der Waals surface area contributed by atoms with Crippen molar-refractivity contribution in [1.82, 2.24) is 5.16 Å². The Bertz CT molecular complexity index is 721. The third-order valence-corrected chi connectivity index (χ3v) is 3.56. The summed E-state index contributed by atoms with van der Waals surface area (Å²) < 4.78 is 10.6. The second-order valence-electron chi connectivity index (χ2n) is 5.11. The molecule has 0 fully saturated rings. The van der Waals surface area contributed by atoms with Gasteiger partial charge in [-0.25, -0.2) is 0 Å². The van der Waals surface area contributed by atoms with Crippen LogP contribution in [0.1, 0.15) is 48.0 Å². The third-order valence-electron chi connectivity index (χ3n) is 3.56. The minimum absolute atomic E-state index is 0.168. The topological polar surface area (TPSA) is 56.2 Å². The summed E-state index contributed by atoms with van der Waals surface area (Å²) in [4.78, 5) is 12.5. The lowest BCUT2D eigenvalue weighted by Crippen LogP contribution is -2.02. The van der Waals surface area contributed by atoms with Crippen molar-refractivity contribution >= 4 is 16.8 Å². The molecule has 0 amide bonds. The number of unbranched alkanes of at least 4 members (excludes halogenated alkanes) is 2. The Morgan fingerprint density at radius 2 is 2.10 bits per heavy atom. The largest absolute Gasteiger partial charge is 0.453 e. The van der Waals surface area contributed by atoms with Gasteiger partial charge >= 0.3 is 0 Å². The van der Waals surface area contributed by atoms with Gasteiger partial charge in [0.25, 0.3) is 0 Å². The Morgan fingerprint density at radius 3 is 2.90 bits per heavy atom. The normalized spacial score (nSPS) is 11.1. The molecular formula is C17H17NO3. The Morgan fingerprint density at radius 1 is 1.24 bits per heavy atom. The highest BCUT2D eigenvalue weighted by Crippen LogP contribution is 2.23. The van der Waals surface area contributed by atoms with Gasteiger partial charge in [-0.1, -0.05) is 43.1 Å². The number of nitrogens with zero attached hydrogens (tertiary/aromatic N) is 1. The summed E-state index contributed by atoms with van der Waals surface area (Å²) in [5.41, 5.74) is 1.93. The molecule has 0 unspecified atom stereocenters. The quantitative estimate of drug-likeness (QED) is 0.497. The molecule has 0 spiro atoms. The molecule has 0 bridgehead atoms. The van der Waals surface area contributed by atoms with Crippen LogP contribution in [-0.4, -0.2) is 10.9 Å². The maximum Gasteiger partial charge on any atom is 0.233 e. The van der Waals surface area contributed by atoms with Gasteiger partial charge in [0.15, 0.2) is 5.76 Å². The predicted octanol–water partition coefficient (Wildman–Crippen LogP) is 4.38. The smallest absolute Gasteiger partial charge is 0.233 e. The predicted molar refractivity (Wildman–Crippen MR) is 79.4 cm³/mol. The maximum atomic E-state index is 12.5. The second-order valence-corrected chi connectivity index (χ2v) is 5.11. The molecule has 0 aliphatic heterocycles. The van der Waals surface area contributed by atoms with Gasteiger partial charge in [-0.3, -0.25) is 4.79 Å². The Balaban J connectivity index is 1.86. The van der Waals surface area contributed by atoms with Gasteiger partial charge in [-0.2, -0.15) is 0 Å². The van der Waals surface area contributed by atoms with Crippen LogP contribution in [0.25, 0.3) is 11.0 Å². The molecule has 0 aliphatic rings. The zero-order valence-corrected chi connectivity index (χ0v) is 12.0. The lowest BCUT2D eigenvalue weighted by molar-refractivity contribution is 0.101. The van der Waals surface area contributed by atoms with Crippen molar-refractivity contribution in [3.8, 4) is 0 Å². The van der Waals surface area contributed by atoms with Crippen LogP contribution < -0.4 is 0 Å². The average molecular weight is 283 g/mol. The van der Waals surface area contributed by atoms with Crippen molar-refractivity contribution in [2.24, 2.45) is 0 Å². The molecule has 108 valence electrons. The second kappa shape index (κ2) is 5.95. The van der Waals surface area contributed by atoms with Crippen molar-refractivity contribution in [3.05, 3.63) is 53.6 Å². The van der Waals surface area contributed by atoms with E-state index < -0.39 is 0 Å². The van der Waals surface area contributed by atoms with E-state index in [1.54, 1.807) is 6.07 Å². The summed E-state index contributed by atoms with van der Waals surface area (Å²) in [6.07, 6.45) is 5.42.